The zero-order valence-electron chi connectivity index (χ0n) is 19.4. The quantitative estimate of drug-likeness (QED) is 0.365. The third kappa shape index (κ3) is 9.52. The first kappa shape index (κ1) is 24.9. The Morgan fingerprint density at radius 2 is 1.74 bits per heavy atom. The number of rotatable bonds is 14. The number of fused-ring (bicyclic) bond motifs is 1. The van der Waals surface area contributed by atoms with Crippen LogP contribution in [0.5, 0.6) is 0 Å². The molecule has 0 heterocycles. The fourth-order valence-electron chi connectivity index (χ4n) is 3.60. The molecule has 2 amide bonds. The second-order valence-corrected chi connectivity index (χ2v) is 8.55. The highest BCUT2D eigenvalue weighted by atomic mass is 16.2. The molecule has 2 aromatic carbocycles. The minimum atomic E-state index is -0.510. The second kappa shape index (κ2) is 13.8. The van der Waals surface area contributed by atoms with E-state index in [1.807, 2.05) is 12.1 Å². The molecule has 0 bridgehead atoms. The highest BCUT2D eigenvalue weighted by molar-refractivity contribution is 5.87. The van der Waals surface area contributed by atoms with Crippen LogP contribution in [0.25, 0.3) is 10.8 Å². The molecular weight excluding hydrogens is 386 g/mol. The largest absolute Gasteiger partial charge is 0.354 e. The van der Waals surface area contributed by atoms with Gasteiger partial charge in [-0.05, 0) is 35.6 Å². The number of carbonyl (C=O) groups excluding carboxylic acids is 2. The summed E-state index contributed by atoms with van der Waals surface area (Å²) in [6.45, 7) is 7.55. The van der Waals surface area contributed by atoms with Crippen molar-refractivity contribution in [1.29, 1.82) is 0 Å². The van der Waals surface area contributed by atoms with Crippen LogP contribution in [0.15, 0.2) is 42.5 Å². The molecule has 0 spiro atoms. The molecular formula is C26H45N3O2. The maximum Gasteiger partial charge on any atom is 0.242 e. The Morgan fingerprint density at radius 3 is 2.48 bits per heavy atom. The smallest absolute Gasteiger partial charge is 0.242 e. The topological polar surface area (TPSA) is 70.2 Å². The normalized spacial score (nSPS) is 12.1. The lowest BCUT2D eigenvalue weighted by Crippen LogP contribution is -2.47. The Bertz CT molecular complexity index is 834. The van der Waals surface area contributed by atoms with E-state index in [4.69, 9.17) is 0 Å². The summed E-state index contributed by atoms with van der Waals surface area (Å²) in [5.74, 6) is -0.166. The molecule has 0 aliphatic carbocycles. The number of aryl methyl sites for hydroxylation is 1. The molecule has 3 N–H and O–H groups in total. The van der Waals surface area contributed by atoms with Crippen molar-refractivity contribution in [2.75, 3.05) is 13.1 Å². The molecule has 0 unspecified atom stereocenters. The number of nitrogens with one attached hydrogen (secondary N) is 3. The lowest BCUT2D eigenvalue weighted by molar-refractivity contribution is -0.129. The van der Waals surface area contributed by atoms with Gasteiger partial charge in [0, 0.05) is 29.8 Å². The first-order valence-electron chi connectivity index (χ1n) is 11.8. The molecule has 0 saturated heterocycles. The third-order valence-corrected chi connectivity index (χ3v) is 5.42. The van der Waals surface area contributed by atoms with Gasteiger partial charge in [0.2, 0.25) is 11.8 Å². The van der Waals surface area contributed by atoms with Crippen molar-refractivity contribution >= 4 is 22.6 Å². The Morgan fingerprint density at radius 1 is 0.968 bits per heavy atom. The first-order valence-corrected chi connectivity index (χ1v) is 11.8. The number of carbonyl (C=O) groups is 2. The SMILES string of the molecule is CCCCCCNC(=O)[C@@H](CCc1ccc2ccccc2c1)NC(=O)CCNC(C)C.[HH].[HH].[HH]. The molecule has 0 radical (unpaired) electrons. The third-order valence-electron chi connectivity index (χ3n) is 5.42. The van der Waals surface area contributed by atoms with Gasteiger partial charge in [-0.2, -0.15) is 0 Å². The van der Waals surface area contributed by atoms with Gasteiger partial charge in [-0.15, -0.1) is 0 Å². The number of hydrogen-bond donors (Lipinski definition) is 3. The number of unbranched alkanes of at least 4 members (excludes halogenated alkanes) is 3. The van der Waals surface area contributed by atoms with Gasteiger partial charge in [-0.3, -0.25) is 9.59 Å². The Hall–Kier alpha value is -2.40. The van der Waals surface area contributed by atoms with E-state index in [2.05, 4.69) is 67.1 Å². The van der Waals surface area contributed by atoms with Gasteiger partial charge in [-0.25, -0.2) is 0 Å². The Kier molecular flexibility index (Phi) is 11.1. The standard InChI is InChI=1S/C26H39N3O2.3H2/c1-4-5-6-9-17-28-26(31)24(29-25(30)16-18-27-20(2)3)15-13-21-12-14-22-10-7-8-11-23(22)19-21;;;/h7-8,10-12,14,19-20,24,27H,4-6,9,13,15-18H2,1-3H3,(H,28,31)(H,29,30);3*1H/t24-;;;/m1.../s1. The van der Waals surface area contributed by atoms with Crippen molar-refractivity contribution in [1.82, 2.24) is 16.0 Å². The predicted molar refractivity (Wildman–Crippen MR) is 135 cm³/mol. The summed E-state index contributed by atoms with van der Waals surface area (Å²) < 4.78 is 0. The molecule has 5 heteroatoms. The van der Waals surface area contributed by atoms with E-state index in [1.165, 1.54) is 29.2 Å². The highest BCUT2D eigenvalue weighted by Crippen LogP contribution is 2.17. The number of amides is 2. The van der Waals surface area contributed by atoms with Gasteiger partial charge in [0.05, 0.1) is 0 Å². The molecule has 2 rings (SSSR count). The van der Waals surface area contributed by atoms with Gasteiger partial charge in [0.25, 0.3) is 0 Å². The summed E-state index contributed by atoms with van der Waals surface area (Å²) in [7, 11) is 0. The minimum Gasteiger partial charge on any atom is -0.354 e. The van der Waals surface area contributed by atoms with E-state index >= 15 is 0 Å². The van der Waals surface area contributed by atoms with Crippen LogP contribution in [0.2, 0.25) is 0 Å². The van der Waals surface area contributed by atoms with Crippen LogP contribution >= 0.6 is 0 Å². The van der Waals surface area contributed by atoms with E-state index in [1.54, 1.807) is 0 Å². The summed E-state index contributed by atoms with van der Waals surface area (Å²) in [6, 6.07) is 14.5. The maximum atomic E-state index is 12.8. The average molecular weight is 432 g/mol. The number of hydrogen-bond acceptors (Lipinski definition) is 3. The zero-order chi connectivity index (χ0) is 22.5. The molecule has 0 saturated carbocycles. The maximum absolute atomic E-state index is 12.8. The van der Waals surface area contributed by atoms with Crippen molar-refractivity contribution in [3.63, 3.8) is 0 Å². The molecule has 1 atom stereocenters. The Balaban J connectivity index is 0. The van der Waals surface area contributed by atoms with Crippen molar-refractivity contribution in [3.05, 3.63) is 48.0 Å². The van der Waals surface area contributed by atoms with E-state index in [-0.39, 0.29) is 16.1 Å². The summed E-state index contributed by atoms with van der Waals surface area (Å²) >= 11 is 0. The van der Waals surface area contributed by atoms with E-state index in [0.717, 1.165) is 19.3 Å². The van der Waals surface area contributed by atoms with E-state index < -0.39 is 6.04 Å². The van der Waals surface area contributed by atoms with Gasteiger partial charge in [0.15, 0.2) is 0 Å². The molecule has 0 aromatic heterocycles. The van der Waals surface area contributed by atoms with E-state index in [9.17, 15) is 9.59 Å². The summed E-state index contributed by atoms with van der Waals surface area (Å²) in [5.41, 5.74) is 1.18. The number of benzene rings is 2. The molecule has 5 nitrogen and oxygen atoms in total. The molecule has 2 aromatic rings. The molecule has 176 valence electrons. The van der Waals surface area contributed by atoms with E-state index in [0.29, 0.717) is 32.0 Å². The van der Waals surface area contributed by atoms with Crippen LogP contribution in [-0.2, 0) is 16.0 Å². The summed E-state index contributed by atoms with van der Waals surface area (Å²) in [6.07, 6.45) is 6.14. The summed E-state index contributed by atoms with van der Waals surface area (Å²) in [5, 5.41) is 11.6. The lowest BCUT2D eigenvalue weighted by atomic mass is 10.0. The Labute approximate surface area is 191 Å². The van der Waals surface area contributed by atoms with Crippen LogP contribution in [0.1, 0.15) is 69.1 Å². The average Bonchev–Trinajstić information content (AvgIpc) is 2.76. The fraction of sp³-hybridized carbons (Fsp3) is 0.538. The second-order valence-electron chi connectivity index (χ2n) is 8.55. The fourth-order valence-corrected chi connectivity index (χ4v) is 3.60. The van der Waals surface area contributed by atoms with Crippen LogP contribution in [-0.4, -0.2) is 37.0 Å². The van der Waals surface area contributed by atoms with Crippen LogP contribution in [0, 0.1) is 0 Å². The molecule has 31 heavy (non-hydrogen) atoms. The highest BCUT2D eigenvalue weighted by Gasteiger charge is 2.20. The molecule has 0 aliphatic rings. The molecule has 0 fully saturated rings. The van der Waals surface area contributed by atoms with Gasteiger partial charge in [0.1, 0.15) is 6.04 Å². The minimum absolute atomic E-state index is 0. The van der Waals surface area contributed by atoms with Gasteiger partial charge in [-0.1, -0.05) is 82.5 Å². The van der Waals surface area contributed by atoms with Crippen molar-refractivity contribution in [2.45, 2.75) is 77.8 Å². The van der Waals surface area contributed by atoms with Gasteiger partial charge >= 0.3 is 0 Å². The van der Waals surface area contributed by atoms with Crippen molar-refractivity contribution in [2.24, 2.45) is 0 Å². The van der Waals surface area contributed by atoms with Gasteiger partial charge < -0.3 is 16.0 Å². The van der Waals surface area contributed by atoms with Crippen LogP contribution < -0.4 is 16.0 Å². The van der Waals surface area contributed by atoms with Crippen LogP contribution in [0.3, 0.4) is 0 Å². The van der Waals surface area contributed by atoms with Crippen LogP contribution in [0.4, 0.5) is 0 Å². The zero-order valence-corrected chi connectivity index (χ0v) is 19.4. The first-order chi connectivity index (χ1) is 15.0. The van der Waals surface area contributed by atoms with Crippen molar-refractivity contribution < 1.29 is 13.9 Å². The molecule has 0 aliphatic heterocycles. The monoisotopic (exact) mass is 431 g/mol. The van der Waals surface area contributed by atoms with Crippen molar-refractivity contribution in [3.8, 4) is 0 Å². The predicted octanol–water partition coefficient (Wildman–Crippen LogP) is 5.08. The lowest BCUT2D eigenvalue weighted by Gasteiger charge is -2.19. The summed E-state index contributed by atoms with van der Waals surface area (Å²) in [4.78, 5) is 25.2.